The zero-order chi connectivity index (χ0) is 29.3. The molecule has 9 heteroatoms. The van der Waals surface area contributed by atoms with Crippen LogP contribution in [0.2, 0.25) is 0 Å². The summed E-state index contributed by atoms with van der Waals surface area (Å²) in [4.78, 5) is 45.5. The molecule has 4 aromatic rings. The summed E-state index contributed by atoms with van der Waals surface area (Å²) in [6, 6.07) is 19.9. The monoisotopic (exact) mass is 560 g/mol. The first-order chi connectivity index (χ1) is 19.5. The molecule has 4 rings (SSSR count). The number of nitrogens with zero attached hydrogens (tertiary/aromatic N) is 2. The molecular weight excluding hydrogens is 524 g/mol. The summed E-state index contributed by atoms with van der Waals surface area (Å²) in [5.41, 5.74) is 3.61. The quantitative estimate of drug-likeness (QED) is 0.224. The van der Waals surface area contributed by atoms with Crippen molar-refractivity contribution < 1.29 is 19.5 Å². The predicted molar refractivity (Wildman–Crippen MR) is 160 cm³/mol. The highest BCUT2D eigenvalue weighted by Gasteiger charge is 2.22. The number of hydrogen-bond donors (Lipinski definition) is 3. The first kappa shape index (κ1) is 31.8. The van der Waals surface area contributed by atoms with E-state index in [0.717, 1.165) is 22.3 Å². The van der Waals surface area contributed by atoms with E-state index in [1.54, 1.807) is 29.9 Å². The minimum Gasteiger partial charge on any atom is -0.481 e. The number of aliphatic carboxylic acids is 1. The van der Waals surface area contributed by atoms with Crippen LogP contribution in [-0.2, 0) is 16.0 Å². The fourth-order valence-electron chi connectivity index (χ4n) is 3.54. The van der Waals surface area contributed by atoms with Crippen LogP contribution in [0.4, 0.5) is 0 Å². The number of carbonyl (C=O) groups is 3. The van der Waals surface area contributed by atoms with E-state index in [1.165, 1.54) is 11.3 Å². The summed E-state index contributed by atoms with van der Waals surface area (Å²) in [6.07, 6.45) is 3.60. The van der Waals surface area contributed by atoms with Crippen LogP contribution in [0.3, 0.4) is 0 Å². The Bertz CT molecular complexity index is 1310. The lowest BCUT2D eigenvalue weighted by Gasteiger charge is -2.18. The van der Waals surface area contributed by atoms with Gasteiger partial charge in [-0.3, -0.25) is 14.4 Å². The Labute approximate surface area is 239 Å². The molecule has 8 nitrogen and oxygen atoms in total. The van der Waals surface area contributed by atoms with Gasteiger partial charge in [-0.1, -0.05) is 88.4 Å². The molecule has 2 amide bonds. The second-order valence-corrected chi connectivity index (χ2v) is 8.95. The van der Waals surface area contributed by atoms with Gasteiger partial charge in [-0.25, -0.2) is 9.97 Å². The topological polar surface area (TPSA) is 121 Å². The summed E-state index contributed by atoms with van der Waals surface area (Å²) < 4.78 is 0. The van der Waals surface area contributed by atoms with Crippen molar-refractivity contribution in [3.05, 3.63) is 94.9 Å². The van der Waals surface area contributed by atoms with Crippen molar-refractivity contribution in [2.45, 2.75) is 46.6 Å². The van der Waals surface area contributed by atoms with Gasteiger partial charge < -0.3 is 15.7 Å². The molecule has 0 saturated heterocycles. The van der Waals surface area contributed by atoms with E-state index < -0.39 is 17.9 Å². The van der Waals surface area contributed by atoms with Crippen LogP contribution in [0.5, 0.6) is 0 Å². The summed E-state index contributed by atoms with van der Waals surface area (Å²) in [7, 11) is 0. The number of rotatable bonds is 10. The lowest BCUT2D eigenvalue weighted by Crippen LogP contribution is -2.48. The number of carbonyl (C=O) groups excluding carboxylic acids is 2. The Hall–Kier alpha value is -4.37. The summed E-state index contributed by atoms with van der Waals surface area (Å²) in [5, 5.41) is 16.0. The third kappa shape index (κ3) is 9.74. The SMILES string of the molecule is CC.CC.O=C(O)CCNC(=O)C(Cc1ccc(-c2ncc(-c3ccccc3)cn2)cc1)NC(=O)c1cccs1. The van der Waals surface area contributed by atoms with E-state index in [0.29, 0.717) is 10.7 Å². The number of thiophene rings is 1. The fraction of sp³-hybridized carbons (Fsp3) is 0.258. The highest BCUT2D eigenvalue weighted by molar-refractivity contribution is 7.12. The van der Waals surface area contributed by atoms with E-state index in [4.69, 9.17) is 5.11 Å². The predicted octanol–water partition coefficient (Wildman–Crippen LogP) is 5.86. The molecule has 0 saturated carbocycles. The van der Waals surface area contributed by atoms with Gasteiger partial charge in [0.2, 0.25) is 5.91 Å². The molecule has 1 unspecified atom stereocenters. The zero-order valence-corrected chi connectivity index (χ0v) is 24.1. The molecule has 0 bridgehead atoms. The second kappa shape index (κ2) is 17.3. The minimum atomic E-state index is -1.01. The number of amides is 2. The van der Waals surface area contributed by atoms with Gasteiger partial charge in [-0.05, 0) is 22.6 Å². The standard InChI is InChI=1S/C27H24N4O4S.2C2H6/c32-24(33)12-13-28-26(34)22(31-27(35)23-7-4-14-36-23)15-18-8-10-20(11-9-18)25-29-16-21(17-30-25)19-5-2-1-3-6-19;2*1-2/h1-11,14,16-17,22H,12-13,15H2,(H,28,34)(H,31,35)(H,32,33);2*1-2H3. The van der Waals surface area contributed by atoms with Gasteiger partial charge in [-0.2, -0.15) is 0 Å². The van der Waals surface area contributed by atoms with Crippen molar-refractivity contribution in [2.75, 3.05) is 6.54 Å². The van der Waals surface area contributed by atoms with E-state index in [1.807, 2.05) is 82.3 Å². The molecule has 0 radical (unpaired) electrons. The highest BCUT2D eigenvalue weighted by atomic mass is 32.1. The third-order valence-electron chi connectivity index (χ3n) is 5.42. The number of nitrogens with one attached hydrogen (secondary N) is 2. The Morgan fingerprint density at radius 3 is 2.05 bits per heavy atom. The first-order valence-electron chi connectivity index (χ1n) is 13.3. The Kier molecular flexibility index (Phi) is 13.7. The Balaban J connectivity index is 0.00000134. The molecule has 40 heavy (non-hydrogen) atoms. The van der Waals surface area contributed by atoms with Gasteiger partial charge in [0, 0.05) is 36.5 Å². The van der Waals surface area contributed by atoms with Crippen molar-refractivity contribution in [1.29, 1.82) is 0 Å². The average Bonchev–Trinajstić information content (AvgIpc) is 3.55. The molecule has 0 spiro atoms. The number of carboxylic acids is 1. The van der Waals surface area contributed by atoms with Crippen LogP contribution >= 0.6 is 11.3 Å². The van der Waals surface area contributed by atoms with E-state index in [2.05, 4.69) is 20.6 Å². The maximum absolute atomic E-state index is 12.7. The van der Waals surface area contributed by atoms with Crippen molar-refractivity contribution in [3.63, 3.8) is 0 Å². The lowest BCUT2D eigenvalue weighted by molar-refractivity contribution is -0.137. The van der Waals surface area contributed by atoms with Crippen LogP contribution < -0.4 is 10.6 Å². The van der Waals surface area contributed by atoms with Crippen LogP contribution in [0.25, 0.3) is 22.5 Å². The van der Waals surface area contributed by atoms with E-state index in [9.17, 15) is 14.4 Å². The molecular formula is C31H36N4O4S. The number of aromatic nitrogens is 2. The van der Waals surface area contributed by atoms with Crippen LogP contribution in [0, 0.1) is 0 Å². The van der Waals surface area contributed by atoms with E-state index in [-0.39, 0.29) is 25.3 Å². The van der Waals surface area contributed by atoms with E-state index >= 15 is 0 Å². The van der Waals surface area contributed by atoms with Gasteiger partial charge >= 0.3 is 5.97 Å². The number of carboxylic acid groups (broad SMARTS) is 1. The lowest BCUT2D eigenvalue weighted by atomic mass is 10.0. The molecule has 0 aliphatic heterocycles. The molecule has 0 aliphatic carbocycles. The van der Waals surface area contributed by atoms with Gasteiger partial charge in [0.05, 0.1) is 11.3 Å². The molecule has 2 aromatic heterocycles. The van der Waals surface area contributed by atoms with Crippen molar-refractivity contribution >= 4 is 29.1 Å². The Morgan fingerprint density at radius 2 is 1.48 bits per heavy atom. The van der Waals surface area contributed by atoms with Gasteiger partial charge in [0.15, 0.2) is 5.82 Å². The number of hydrogen-bond acceptors (Lipinski definition) is 6. The van der Waals surface area contributed by atoms with Crippen LogP contribution in [0.15, 0.2) is 84.5 Å². The molecule has 2 aromatic carbocycles. The smallest absolute Gasteiger partial charge is 0.305 e. The average molecular weight is 561 g/mol. The van der Waals surface area contributed by atoms with Crippen LogP contribution in [0.1, 0.15) is 49.4 Å². The number of benzene rings is 2. The first-order valence-corrected chi connectivity index (χ1v) is 14.2. The summed E-state index contributed by atoms with van der Waals surface area (Å²) in [5.74, 6) is -1.23. The van der Waals surface area contributed by atoms with Crippen molar-refractivity contribution in [1.82, 2.24) is 20.6 Å². The van der Waals surface area contributed by atoms with Gasteiger partial charge in [0.1, 0.15) is 6.04 Å². The van der Waals surface area contributed by atoms with Crippen LogP contribution in [-0.4, -0.2) is 45.4 Å². The largest absolute Gasteiger partial charge is 0.481 e. The summed E-state index contributed by atoms with van der Waals surface area (Å²) in [6.45, 7) is 7.98. The molecule has 3 N–H and O–H groups in total. The second-order valence-electron chi connectivity index (χ2n) is 8.00. The molecule has 0 fully saturated rings. The Morgan fingerprint density at radius 1 is 0.825 bits per heavy atom. The summed E-state index contributed by atoms with van der Waals surface area (Å²) >= 11 is 1.28. The highest BCUT2D eigenvalue weighted by Crippen LogP contribution is 2.21. The van der Waals surface area contributed by atoms with Crippen molar-refractivity contribution in [3.8, 4) is 22.5 Å². The van der Waals surface area contributed by atoms with Gasteiger partial charge in [0.25, 0.3) is 5.91 Å². The normalized spacial score (nSPS) is 10.6. The molecule has 0 aliphatic rings. The maximum Gasteiger partial charge on any atom is 0.305 e. The van der Waals surface area contributed by atoms with Gasteiger partial charge in [-0.15, -0.1) is 11.3 Å². The molecule has 210 valence electrons. The molecule has 2 heterocycles. The fourth-order valence-corrected chi connectivity index (χ4v) is 4.17. The zero-order valence-electron chi connectivity index (χ0n) is 23.3. The molecule has 1 atom stereocenters. The third-order valence-corrected chi connectivity index (χ3v) is 6.28. The minimum absolute atomic E-state index is 0.0191. The van der Waals surface area contributed by atoms with Crippen molar-refractivity contribution in [2.24, 2.45) is 0 Å². The maximum atomic E-state index is 12.7.